The Morgan fingerprint density at radius 2 is 2.06 bits per heavy atom. The van der Waals surface area contributed by atoms with Crippen molar-refractivity contribution in [3.63, 3.8) is 0 Å². The molecular weight excluding hydrogens is 230 g/mol. The van der Waals surface area contributed by atoms with Crippen LogP contribution in [0.5, 0.6) is 0 Å². The Bertz CT molecular complexity index is 429. The van der Waals surface area contributed by atoms with Gasteiger partial charge in [0.25, 0.3) is 0 Å². The minimum absolute atomic E-state index is 0.00753. The van der Waals surface area contributed by atoms with Gasteiger partial charge in [-0.25, -0.2) is 4.79 Å². The molecule has 1 N–H and O–H groups in total. The number of hydrogen-bond acceptors (Lipinski definition) is 2. The van der Waals surface area contributed by atoms with Gasteiger partial charge in [-0.2, -0.15) is 0 Å². The fraction of sp³-hybridized carbons (Fsp3) is 0.273. The number of benzene rings is 1. The molecule has 1 aliphatic rings. The van der Waals surface area contributed by atoms with E-state index in [-0.39, 0.29) is 12.3 Å². The molecule has 5 heteroatoms. The van der Waals surface area contributed by atoms with E-state index in [1.165, 1.54) is 0 Å². The molecule has 0 spiro atoms. The zero-order valence-electron chi connectivity index (χ0n) is 8.39. The van der Waals surface area contributed by atoms with E-state index in [0.717, 1.165) is 10.5 Å². The quantitative estimate of drug-likeness (QED) is 0.856. The fourth-order valence-electron chi connectivity index (χ4n) is 1.71. The minimum atomic E-state index is -1.04. The molecular formula is C11H10ClNO3. The number of amides is 1. The molecule has 4 nitrogen and oxygen atoms in total. The normalized spacial score (nSPS) is 19.4. The fourth-order valence-corrected chi connectivity index (χ4v) is 1.84. The Labute approximate surface area is 97.4 Å². The first-order valence-corrected chi connectivity index (χ1v) is 5.22. The molecule has 1 aliphatic heterocycles. The number of Topliss-reactive ketones (excluding diaryl/α,β-unsaturated/α-hetero) is 1. The molecule has 0 saturated carbocycles. The van der Waals surface area contributed by atoms with Crippen molar-refractivity contribution in [3.8, 4) is 0 Å². The highest BCUT2D eigenvalue weighted by Gasteiger charge is 2.40. The smallest absolute Gasteiger partial charge is 0.408 e. The van der Waals surface area contributed by atoms with E-state index in [9.17, 15) is 9.59 Å². The molecule has 16 heavy (non-hydrogen) atoms. The van der Waals surface area contributed by atoms with Crippen molar-refractivity contribution in [2.24, 2.45) is 0 Å². The highest BCUT2D eigenvalue weighted by atomic mass is 35.5. The van der Waals surface area contributed by atoms with Gasteiger partial charge in [-0.3, -0.25) is 9.69 Å². The summed E-state index contributed by atoms with van der Waals surface area (Å²) in [7, 11) is 0. The lowest BCUT2D eigenvalue weighted by Gasteiger charge is -2.36. The van der Waals surface area contributed by atoms with Crippen LogP contribution in [0.15, 0.2) is 24.3 Å². The molecule has 1 atom stereocenters. The molecule has 1 fully saturated rings. The lowest BCUT2D eigenvalue weighted by atomic mass is 9.94. The van der Waals surface area contributed by atoms with Gasteiger partial charge in [-0.05, 0) is 17.7 Å². The van der Waals surface area contributed by atoms with Gasteiger partial charge >= 0.3 is 6.09 Å². The number of carbonyl (C=O) groups excluding carboxylic acids is 1. The summed E-state index contributed by atoms with van der Waals surface area (Å²) < 4.78 is 0. The van der Waals surface area contributed by atoms with E-state index in [1.54, 1.807) is 24.3 Å². The van der Waals surface area contributed by atoms with Crippen LogP contribution in [0.1, 0.15) is 5.56 Å². The number of likely N-dealkylation sites (tertiary alicyclic amines) is 1. The van der Waals surface area contributed by atoms with Crippen molar-refractivity contribution < 1.29 is 14.7 Å². The van der Waals surface area contributed by atoms with E-state index in [1.807, 2.05) is 0 Å². The van der Waals surface area contributed by atoms with E-state index < -0.39 is 12.1 Å². The Kier molecular flexibility index (Phi) is 2.83. The first-order valence-electron chi connectivity index (χ1n) is 4.84. The number of ketones is 1. The molecule has 1 aromatic rings. The highest BCUT2D eigenvalue weighted by Crippen LogP contribution is 2.19. The third kappa shape index (κ3) is 2.02. The third-order valence-corrected chi connectivity index (χ3v) is 2.91. The molecule has 0 radical (unpaired) electrons. The number of halogens is 1. The molecule has 0 unspecified atom stereocenters. The van der Waals surface area contributed by atoms with E-state index in [2.05, 4.69) is 0 Å². The van der Waals surface area contributed by atoms with Crippen LogP contribution < -0.4 is 0 Å². The summed E-state index contributed by atoms with van der Waals surface area (Å²) in [6, 6.07) is 6.52. The summed E-state index contributed by atoms with van der Waals surface area (Å²) in [4.78, 5) is 23.2. The third-order valence-electron chi connectivity index (χ3n) is 2.66. The largest absolute Gasteiger partial charge is 0.465 e. The van der Waals surface area contributed by atoms with Crippen LogP contribution in [-0.4, -0.2) is 34.5 Å². The van der Waals surface area contributed by atoms with Crippen molar-refractivity contribution in [1.82, 2.24) is 4.90 Å². The van der Waals surface area contributed by atoms with Gasteiger partial charge in [0, 0.05) is 11.4 Å². The van der Waals surface area contributed by atoms with Crippen molar-refractivity contribution in [2.75, 3.05) is 6.54 Å². The van der Waals surface area contributed by atoms with Crippen molar-refractivity contribution in [1.29, 1.82) is 0 Å². The van der Waals surface area contributed by atoms with Crippen LogP contribution in [0.25, 0.3) is 0 Å². The average molecular weight is 240 g/mol. The second kappa shape index (κ2) is 4.14. The predicted molar refractivity (Wildman–Crippen MR) is 58.7 cm³/mol. The lowest BCUT2D eigenvalue weighted by molar-refractivity contribution is -0.133. The number of nitrogens with zero attached hydrogens (tertiary/aromatic N) is 1. The van der Waals surface area contributed by atoms with Crippen LogP contribution in [0.3, 0.4) is 0 Å². The van der Waals surface area contributed by atoms with Crippen LogP contribution in [0.2, 0.25) is 5.02 Å². The molecule has 1 aromatic carbocycles. The second-order valence-corrected chi connectivity index (χ2v) is 4.16. The lowest BCUT2D eigenvalue weighted by Crippen LogP contribution is -2.59. The highest BCUT2D eigenvalue weighted by molar-refractivity contribution is 6.30. The summed E-state index contributed by atoms with van der Waals surface area (Å²) in [6.07, 6.45) is -0.624. The van der Waals surface area contributed by atoms with Gasteiger partial charge in [-0.15, -0.1) is 0 Å². The summed E-state index contributed by atoms with van der Waals surface area (Å²) in [6.45, 7) is 0.00753. The van der Waals surface area contributed by atoms with Gasteiger partial charge in [0.2, 0.25) is 0 Å². The summed E-state index contributed by atoms with van der Waals surface area (Å²) in [5, 5.41) is 9.42. The Hall–Kier alpha value is -1.55. The zero-order valence-corrected chi connectivity index (χ0v) is 9.15. The van der Waals surface area contributed by atoms with Gasteiger partial charge in [0.15, 0.2) is 5.78 Å². The van der Waals surface area contributed by atoms with Gasteiger partial charge in [0.1, 0.15) is 6.04 Å². The van der Waals surface area contributed by atoms with Crippen molar-refractivity contribution >= 4 is 23.5 Å². The molecule has 84 valence electrons. The standard InChI is InChI=1S/C11H10ClNO3/c12-8-3-1-7(2-4-8)5-9-10(14)6-13(9)11(15)16/h1-4,9H,5-6H2,(H,15,16)/t9-/m0/s1. The van der Waals surface area contributed by atoms with Crippen LogP contribution >= 0.6 is 11.6 Å². The Morgan fingerprint density at radius 1 is 1.44 bits per heavy atom. The van der Waals surface area contributed by atoms with Crippen LogP contribution in [0.4, 0.5) is 4.79 Å². The van der Waals surface area contributed by atoms with Gasteiger partial charge in [-0.1, -0.05) is 23.7 Å². The first-order chi connectivity index (χ1) is 7.58. The molecule has 1 saturated heterocycles. The maximum atomic E-state index is 11.3. The van der Waals surface area contributed by atoms with E-state index >= 15 is 0 Å². The number of rotatable bonds is 2. The molecule has 0 bridgehead atoms. The summed E-state index contributed by atoms with van der Waals surface area (Å²) >= 11 is 5.73. The topological polar surface area (TPSA) is 57.6 Å². The molecule has 2 rings (SSSR count). The van der Waals surface area contributed by atoms with Gasteiger partial charge in [0.05, 0.1) is 6.54 Å². The van der Waals surface area contributed by atoms with Gasteiger partial charge < -0.3 is 5.11 Å². The first kappa shape index (κ1) is 11.0. The molecule has 1 amide bonds. The number of carbonyl (C=O) groups is 2. The maximum Gasteiger partial charge on any atom is 0.408 e. The Morgan fingerprint density at radius 3 is 2.56 bits per heavy atom. The van der Waals surface area contributed by atoms with Crippen molar-refractivity contribution in [3.05, 3.63) is 34.9 Å². The number of hydrogen-bond donors (Lipinski definition) is 1. The SMILES string of the molecule is O=C1CN(C(=O)O)[C@H]1Cc1ccc(Cl)cc1. The average Bonchev–Trinajstić information content (AvgIpc) is 2.24. The van der Waals surface area contributed by atoms with E-state index in [4.69, 9.17) is 16.7 Å². The maximum absolute atomic E-state index is 11.3. The monoisotopic (exact) mass is 239 g/mol. The molecule has 0 aromatic heterocycles. The predicted octanol–water partition coefficient (Wildman–Crippen LogP) is 1.81. The van der Waals surface area contributed by atoms with Crippen molar-refractivity contribution in [2.45, 2.75) is 12.5 Å². The zero-order chi connectivity index (χ0) is 11.7. The van der Waals surface area contributed by atoms with Crippen LogP contribution in [0, 0.1) is 0 Å². The van der Waals surface area contributed by atoms with Crippen LogP contribution in [-0.2, 0) is 11.2 Å². The molecule has 1 heterocycles. The number of carboxylic acid groups (broad SMARTS) is 1. The summed E-state index contributed by atoms with van der Waals surface area (Å²) in [5.74, 6) is -0.0302. The second-order valence-electron chi connectivity index (χ2n) is 3.72. The van der Waals surface area contributed by atoms with E-state index in [0.29, 0.717) is 11.4 Å². The molecule has 0 aliphatic carbocycles. The summed E-state index contributed by atoms with van der Waals surface area (Å²) in [5.41, 5.74) is 0.911. The minimum Gasteiger partial charge on any atom is -0.465 e. The Balaban J connectivity index is 2.06.